The number of carbonyl (C=O) groups excluding carboxylic acids is 1. The number of aromatic nitrogens is 1. The molecule has 3 nitrogen and oxygen atoms in total. The van der Waals surface area contributed by atoms with E-state index in [-0.39, 0.29) is 5.82 Å². The van der Waals surface area contributed by atoms with Gasteiger partial charge in [0, 0.05) is 19.8 Å². The Labute approximate surface area is 105 Å². The quantitative estimate of drug-likeness (QED) is 0.775. The molecule has 1 aromatic carbocycles. The van der Waals surface area contributed by atoms with E-state index in [1.54, 1.807) is 30.5 Å². The molecule has 1 heterocycles. The summed E-state index contributed by atoms with van der Waals surface area (Å²) in [6.45, 7) is 0.568. The monoisotopic (exact) mass is 244 g/mol. The van der Waals surface area contributed by atoms with Gasteiger partial charge >= 0.3 is 0 Å². The van der Waals surface area contributed by atoms with Crippen LogP contribution in [0.1, 0.15) is 15.9 Å². The molecule has 4 heteroatoms. The highest BCUT2D eigenvalue weighted by Gasteiger charge is 2.08. The summed E-state index contributed by atoms with van der Waals surface area (Å²) in [6.07, 6.45) is 2.42. The van der Waals surface area contributed by atoms with E-state index in [9.17, 15) is 9.18 Å². The maximum Gasteiger partial charge on any atom is 0.153 e. The highest BCUT2D eigenvalue weighted by atomic mass is 19.1. The second-order valence-electron chi connectivity index (χ2n) is 4.02. The van der Waals surface area contributed by atoms with E-state index in [4.69, 9.17) is 0 Å². The molecule has 1 aromatic heterocycles. The minimum atomic E-state index is -0.257. The number of hydrogen-bond donors (Lipinski definition) is 0. The van der Waals surface area contributed by atoms with Crippen molar-refractivity contribution < 1.29 is 9.18 Å². The molecule has 92 valence electrons. The molecule has 0 atom stereocenters. The Kier molecular flexibility index (Phi) is 3.67. The van der Waals surface area contributed by atoms with Crippen molar-refractivity contribution in [1.82, 2.24) is 4.98 Å². The van der Waals surface area contributed by atoms with Gasteiger partial charge in [0.25, 0.3) is 0 Å². The van der Waals surface area contributed by atoms with Gasteiger partial charge in [-0.2, -0.15) is 0 Å². The number of carbonyl (C=O) groups is 1. The predicted octanol–water partition coefficient (Wildman–Crippen LogP) is 2.67. The van der Waals surface area contributed by atoms with Crippen LogP contribution in [0.4, 0.5) is 10.2 Å². The topological polar surface area (TPSA) is 33.2 Å². The Morgan fingerprint density at radius 1 is 1.28 bits per heavy atom. The van der Waals surface area contributed by atoms with E-state index in [2.05, 4.69) is 4.98 Å². The van der Waals surface area contributed by atoms with E-state index in [0.29, 0.717) is 17.9 Å². The fraction of sp³-hybridized carbons (Fsp3) is 0.143. The highest BCUT2D eigenvalue weighted by Crippen LogP contribution is 2.16. The zero-order valence-electron chi connectivity index (χ0n) is 10.0. The van der Waals surface area contributed by atoms with E-state index in [1.807, 2.05) is 11.9 Å². The van der Waals surface area contributed by atoms with Gasteiger partial charge in [-0.15, -0.1) is 0 Å². The van der Waals surface area contributed by atoms with Gasteiger partial charge < -0.3 is 4.90 Å². The van der Waals surface area contributed by atoms with Gasteiger partial charge in [0.1, 0.15) is 11.6 Å². The van der Waals surface area contributed by atoms with Crippen molar-refractivity contribution in [3.8, 4) is 0 Å². The van der Waals surface area contributed by atoms with Crippen molar-refractivity contribution in [3.05, 3.63) is 59.5 Å². The van der Waals surface area contributed by atoms with Crippen LogP contribution in [0.2, 0.25) is 0 Å². The second-order valence-corrected chi connectivity index (χ2v) is 4.02. The zero-order valence-corrected chi connectivity index (χ0v) is 10.0. The average molecular weight is 244 g/mol. The van der Waals surface area contributed by atoms with Gasteiger partial charge in [-0.1, -0.05) is 12.1 Å². The molecule has 0 amide bonds. The molecule has 0 fully saturated rings. The van der Waals surface area contributed by atoms with Gasteiger partial charge in [0.05, 0.1) is 5.56 Å². The molecule has 0 aliphatic heterocycles. The van der Waals surface area contributed by atoms with E-state index < -0.39 is 0 Å². The third kappa shape index (κ3) is 2.71. The zero-order chi connectivity index (χ0) is 13.0. The molecule has 0 saturated carbocycles. The fourth-order valence-corrected chi connectivity index (χ4v) is 1.76. The van der Waals surface area contributed by atoms with Crippen molar-refractivity contribution in [2.75, 3.05) is 11.9 Å². The average Bonchev–Trinajstić information content (AvgIpc) is 2.41. The van der Waals surface area contributed by atoms with Gasteiger partial charge in [0.15, 0.2) is 6.29 Å². The SMILES string of the molecule is CN(Cc1ccc(F)cc1)c1ncccc1C=O. The van der Waals surface area contributed by atoms with Crippen molar-refractivity contribution in [3.63, 3.8) is 0 Å². The summed E-state index contributed by atoms with van der Waals surface area (Å²) < 4.78 is 12.8. The third-order valence-electron chi connectivity index (χ3n) is 2.64. The molecule has 0 unspecified atom stereocenters. The molecule has 0 bridgehead atoms. The van der Waals surface area contributed by atoms with Crippen LogP contribution >= 0.6 is 0 Å². The molecule has 0 saturated heterocycles. The Morgan fingerprint density at radius 2 is 2.00 bits per heavy atom. The van der Waals surface area contributed by atoms with E-state index in [1.165, 1.54) is 12.1 Å². The first kappa shape index (κ1) is 12.2. The number of hydrogen-bond acceptors (Lipinski definition) is 3. The highest BCUT2D eigenvalue weighted by molar-refractivity contribution is 5.82. The lowest BCUT2D eigenvalue weighted by atomic mass is 10.2. The first-order valence-corrected chi connectivity index (χ1v) is 5.56. The lowest BCUT2D eigenvalue weighted by Crippen LogP contribution is -2.19. The number of halogens is 1. The Balaban J connectivity index is 2.19. The minimum absolute atomic E-state index is 0.257. The smallest absolute Gasteiger partial charge is 0.153 e. The lowest BCUT2D eigenvalue weighted by Gasteiger charge is -2.19. The van der Waals surface area contributed by atoms with Crippen molar-refractivity contribution >= 4 is 12.1 Å². The van der Waals surface area contributed by atoms with Crippen molar-refractivity contribution in [2.45, 2.75) is 6.54 Å². The summed E-state index contributed by atoms with van der Waals surface area (Å²) in [5, 5.41) is 0. The first-order valence-electron chi connectivity index (χ1n) is 5.56. The molecule has 2 aromatic rings. The molecular weight excluding hydrogens is 231 g/mol. The van der Waals surface area contributed by atoms with Crippen LogP contribution in [0, 0.1) is 5.82 Å². The van der Waals surface area contributed by atoms with E-state index in [0.717, 1.165) is 11.8 Å². The predicted molar refractivity (Wildman–Crippen MR) is 68.1 cm³/mol. The van der Waals surface area contributed by atoms with Crippen LogP contribution in [-0.2, 0) is 6.54 Å². The molecule has 0 radical (unpaired) electrons. The maximum atomic E-state index is 12.8. The van der Waals surface area contributed by atoms with Crippen LogP contribution in [-0.4, -0.2) is 18.3 Å². The summed E-state index contributed by atoms with van der Waals surface area (Å²) in [6, 6.07) is 9.71. The summed E-state index contributed by atoms with van der Waals surface area (Å²) in [4.78, 5) is 17.0. The molecule has 2 rings (SSSR count). The maximum absolute atomic E-state index is 12.8. The largest absolute Gasteiger partial charge is 0.355 e. The number of aldehydes is 1. The van der Waals surface area contributed by atoms with Crippen LogP contribution < -0.4 is 4.90 Å². The normalized spacial score (nSPS) is 10.1. The first-order chi connectivity index (χ1) is 8.70. The molecule has 0 aliphatic carbocycles. The minimum Gasteiger partial charge on any atom is -0.355 e. The molecular formula is C14H13FN2O. The number of anilines is 1. The standard InChI is InChI=1S/C14H13FN2O/c1-17(9-11-4-6-13(15)7-5-11)14-12(10-18)3-2-8-16-14/h2-8,10H,9H2,1H3. The van der Waals surface area contributed by atoms with Gasteiger partial charge in [0.2, 0.25) is 0 Å². The van der Waals surface area contributed by atoms with Gasteiger partial charge in [-0.3, -0.25) is 4.79 Å². The Hall–Kier alpha value is -2.23. The summed E-state index contributed by atoms with van der Waals surface area (Å²) >= 11 is 0. The molecule has 18 heavy (non-hydrogen) atoms. The Morgan fingerprint density at radius 3 is 2.67 bits per heavy atom. The van der Waals surface area contributed by atoms with Crippen molar-refractivity contribution in [1.29, 1.82) is 0 Å². The summed E-state index contributed by atoms with van der Waals surface area (Å²) in [5.74, 6) is 0.365. The number of rotatable bonds is 4. The van der Waals surface area contributed by atoms with Crippen LogP contribution in [0.15, 0.2) is 42.6 Å². The number of pyridine rings is 1. The Bertz CT molecular complexity index is 540. The van der Waals surface area contributed by atoms with Gasteiger partial charge in [-0.05, 0) is 29.8 Å². The summed E-state index contributed by atoms with van der Waals surface area (Å²) in [5.41, 5.74) is 1.50. The van der Waals surface area contributed by atoms with Crippen LogP contribution in [0.5, 0.6) is 0 Å². The van der Waals surface area contributed by atoms with Gasteiger partial charge in [-0.25, -0.2) is 9.37 Å². The fourth-order valence-electron chi connectivity index (χ4n) is 1.76. The molecule has 0 aliphatic rings. The summed E-state index contributed by atoms with van der Waals surface area (Å²) in [7, 11) is 1.85. The van der Waals surface area contributed by atoms with E-state index >= 15 is 0 Å². The molecule has 0 N–H and O–H groups in total. The molecule has 0 spiro atoms. The number of nitrogens with zero attached hydrogens (tertiary/aromatic N) is 2. The van der Waals surface area contributed by atoms with Crippen molar-refractivity contribution in [2.24, 2.45) is 0 Å². The second kappa shape index (κ2) is 5.40. The number of benzene rings is 1. The van der Waals surface area contributed by atoms with Crippen LogP contribution in [0.3, 0.4) is 0 Å². The van der Waals surface area contributed by atoms with Crippen LogP contribution in [0.25, 0.3) is 0 Å². The third-order valence-corrected chi connectivity index (χ3v) is 2.64. The lowest BCUT2D eigenvalue weighted by molar-refractivity contribution is 0.112.